The SMILES string of the molecule is CCCNc1cc(C(F)(F)F)cc(Nc2ccsc2)n1. The summed E-state index contributed by atoms with van der Waals surface area (Å²) in [4.78, 5) is 4.14. The fraction of sp³-hybridized carbons (Fsp3) is 0.308. The van der Waals surface area contributed by atoms with Crippen molar-refractivity contribution in [3.8, 4) is 0 Å². The molecule has 0 aliphatic rings. The highest BCUT2D eigenvalue weighted by atomic mass is 32.1. The van der Waals surface area contributed by atoms with E-state index in [1.54, 1.807) is 11.4 Å². The van der Waals surface area contributed by atoms with Gasteiger partial charge in [-0.15, -0.1) is 0 Å². The summed E-state index contributed by atoms with van der Waals surface area (Å²) in [5.41, 5.74) is 0.00657. The number of thiophene rings is 1. The summed E-state index contributed by atoms with van der Waals surface area (Å²) in [6.07, 6.45) is -3.58. The van der Waals surface area contributed by atoms with Crippen molar-refractivity contribution in [3.63, 3.8) is 0 Å². The van der Waals surface area contributed by atoms with Crippen molar-refractivity contribution in [2.45, 2.75) is 19.5 Å². The fourth-order valence-electron chi connectivity index (χ4n) is 1.59. The van der Waals surface area contributed by atoms with Crippen LogP contribution in [-0.4, -0.2) is 11.5 Å². The van der Waals surface area contributed by atoms with E-state index in [4.69, 9.17) is 0 Å². The van der Waals surface area contributed by atoms with E-state index in [0.29, 0.717) is 6.54 Å². The first-order valence-corrected chi connectivity index (χ1v) is 7.05. The summed E-state index contributed by atoms with van der Waals surface area (Å²) in [6, 6.07) is 3.81. The van der Waals surface area contributed by atoms with Crippen LogP contribution < -0.4 is 10.6 Å². The number of hydrogen-bond donors (Lipinski definition) is 2. The maximum absolute atomic E-state index is 12.9. The van der Waals surface area contributed by atoms with E-state index < -0.39 is 11.7 Å². The van der Waals surface area contributed by atoms with Crippen molar-refractivity contribution in [2.24, 2.45) is 0 Å². The molecule has 7 heteroatoms. The molecule has 2 N–H and O–H groups in total. The lowest BCUT2D eigenvalue weighted by Gasteiger charge is -2.13. The second-order valence-electron chi connectivity index (χ2n) is 4.19. The van der Waals surface area contributed by atoms with E-state index in [0.717, 1.165) is 24.2 Å². The van der Waals surface area contributed by atoms with Crippen LogP contribution in [0.1, 0.15) is 18.9 Å². The van der Waals surface area contributed by atoms with Gasteiger partial charge in [0, 0.05) is 11.9 Å². The van der Waals surface area contributed by atoms with Gasteiger partial charge >= 0.3 is 6.18 Å². The highest BCUT2D eigenvalue weighted by Crippen LogP contribution is 2.32. The Morgan fingerprint density at radius 3 is 2.60 bits per heavy atom. The van der Waals surface area contributed by atoms with Crippen LogP contribution >= 0.6 is 11.3 Å². The van der Waals surface area contributed by atoms with Crippen LogP contribution in [0, 0.1) is 0 Å². The zero-order chi connectivity index (χ0) is 14.6. The zero-order valence-corrected chi connectivity index (χ0v) is 11.6. The Kier molecular flexibility index (Phi) is 4.49. The number of alkyl halides is 3. The van der Waals surface area contributed by atoms with Gasteiger partial charge in [0.2, 0.25) is 0 Å². The molecule has 2 aromatic heterocycles. The Balaban J connectivity index is 2.29. The molecule has 0 unspecified atom stereocenters. The molecule has 2 heterocycles. The van der Waals surface area contributed by atoms with E-state index in [1.165, 1.54) is 11.3 Å². The van der Waals surface area contributed by atoms with Crippen molar-refractivity contribution in [2.75, 3.05) is 17.2 Å². The average molecular weight is 301 g/mol. The smallest absolute Gasteiger partial charge is 0.370 e. The first-order valence-electron chi connectivity index (χ1n) is 6.11. The van der Waals surface area contributed by atoms with E-state index >= 15 is 0 Å². The molecule has 108 valence electrons. The van der Waals surface area contributed by atoms with E-state index in [-0.39, 0.29) is 11.6 Å². The molecule has 0 aliphatic heterocycles. The third-order valence-electron chi connectivity index (χ3n) is 2.50. The van der Waals surface area contributed by atoms with Crippen molar-refractivity contribution >= 4 is 28.7 Å². The second kappa shape index (κ2) is 6.13. The highest BCUT2D eigenvalue weighted by Gasteiger charge is 2.31. The molecule has 0 saturated heterocycles. The third-order valence-corrected chi connectivity index (χ3v) is 3.19. The molecule has 0 amide bonds. The monoisotopic (exact) mass is 301 g/mol. The van der Waals surface area contributed by atoms with Gasteiger partial charge < -0.3 is 10.6 Å². The molecule has 0 radical (unpaired) electrons. The Hall–Kier alpha value is -1.76. The normalized spacial score (nSPS) is 11.4. The van der Waals surface area contributed by atoms with Crippen LogP contribution in [0.25, 0.3) is 0 Å². The number of halogens is 3. The minimum atomic E-state index is -4.39. The number of rotatable bonds is 5. The van der Waals surface area contributed by atoms with Crippen LogP contribution in [0.2, 0.25) is 0 Å². The number of hydrogen-bond acceptors (Lipinski definition) is 4. The van der Waals surface area contributed by atoms with Gasteiger partial charge in [0.1, 0.15) is 11.6 Å². The molecule has 0 bridgehead atoms. The van der Waals surface area contributed by atoms with Gasteiger partial charge in [-0.2, -0.15) is 24.5 Å². The molecule has 0 aromatic carbocycles. The summed E-state index contributed by atoms with van der Waals surface area (Å²) in [6.45, 7) is 2.51. The van der Waals surface area contributed by atoms with Crippen LogP contribution in [0.15, 0.2) is 29.0 Å². The lowest BCUT2D eigenvalue weighted by molar-refractivity contribution is -0.137. The van der Waals surface area contributed by atoms with Crippen molar-refractivity contribution in [1.82, 2.24) is 4.98 Å². The first kappa shape index (κ1) is 14.6. The summed E-state index contributed by atoms with van der Waals surface area (Å²) in [5, 5.41) is 9.40. The molecule has 2 rings (SSSR count). The minimum Gasteiger partial charge on any atom is -0.370 e. The van der Waals surface area contributed by atoms with Gasteiger partial charge in [-0.25, -0.2) is 4.98 Å². The molecule has 0 saturated carbocycles. The fourth-order valence-corrected chi connectivity index (χ4v) is 2.17. The molecule has 2 aromatic rings. The van der Waals surface area contributed by atoms with Gasteiger partial charge in [-0.1, -0.05) is 6.92 Å². The molecule has 0 atom stereocenters. The molecule has 0 aliphatic carbocycles. The van der Waals surface area contributed by atoms with Crippen molar-refractivity contribution < 1.29 is 13.2 Å². The number of pyridine rings is 1. The first-order chi connectivity index (χ1) is 9.49. The second-order valence-corrected chi connectivity index (χ2v) is 4.97. The minimum absolute atomic E-state index is 0.178. The van der Waals surface area contributed by atoms with Crippen LogP contribution in [0.4, 0.5) is 30.5 Å². The van der Waals surface area contributed by atoms with Gasteiger partial charge in [0.25, 0.3) is 0 Å². The van der Waals surface area contributed by atoms with Gasteiger partial charge in [0.05, 0.1) is 11.3 Å². The molecular formula is C13H14F3N3S. The number of nitrogens with zero attached hydrogens (tertiary/aromatic N) is 1. The van der Waals surface area contributed by atoms with Crippen LogP contribution in [-0.2, 0) is 6.18 Å². The summed E-state index contributed by atoms with van der Waals surface area (Å²) < 4.78 is 38.6. The Morgan fingerprint density at radius 1 is 1.25 bits per heavy atom. The molecule has 20 heavy (non-hydrogen) atoms. The average Bonchev–Trinajstić information content (AvgIpc) is 2.88. The molecule has 0 spiro atoms. The van der Waals surface area contributed by atoms with Crippen LogP contribution in [0.3, 0.4) is 0 Å². The maximum atomic E-state index is 12.9. The summed E-state index contributed by atoms with van der Waals surface area (Å²) in [7, 11) is 0. The predicted molar refractivity (Wildman–Crippen MR) is 75.6 cm³/mol. The van der Waals surface area contributed by atoms with Gasteiger partial charge in [0.15, 0.2) is 0 Å². The Bertz CT molecular complexity index is 552. The third kappa shape index (κ3) is 3.86. The van der Waals surface area contributed by atoms with Gasteiger partial charge in [-0.05, 0) is 30.0 Å². The number of nitrogens with one attached hydrogen (secondary N) is 2. The maximum Gasteiger partial charge on any atom is 0.416 e. The van der Waals surface area contributed by atoms with Gasteiger partial charge in [-0.3, -0.25) is 0 Å². The Morgan fingerprint density at radius 2 is 2.00 bits per heavy atom. The topological polar surface area (TPSA) is 37.0 Å². The largest absolute Gasteiger partial charge is 0.416 e. The summed E-state index contributed by atoms with van der Waals surface area (Å²) in [5.74, 6) is 0.399. The zero-order valence-electron chi connectivity index (χ0n) is 10.8. The Labute approximate surface area is 118 Å². The predicted octanol–water partition coefficient (Wildman–Crippen LogP) is 4.73. The highest BCUT2D eigenvalue weighted by molar-refractivity contribution is 7.08. The van der Waals surface area contributed by atoms with Crippen molar-refractivity contribution in [3.05, 3.63) is 34.5 Å². The molecule has 3 nitrogen and oxygen atoms in total. The number of anilines is 3. The van der Waals surface area contributed by atoms with E-state index in [2.05, 4.69) is 15.6 Å². The van der Waals surface area contributed by atoms with E-state index in [1.807, 2.05) is 12.3 Å². The van der Waals surface area contributed by atoms with Crippen LogP contribution in [0.5, 0.6) is 0 Å². The number of aromatic nitrogens is 1. The van der Waals surface area contributed by atoms with Crippen molar-refractivity contribution in [1.29, 1.82) is 0 Å². The molecule has 0 fully saturated rings. The lowest BCUT2D eigenvalue weighted by Crippen LogP contribution is -2.10. The van der Waals surface area contributed by atoms with E-state index in [9.17, 15) is 13.2 Å². The summed E-state index contributed by atoms with van der Waals surface area (Å²) >= 11 is 1.46. The quantitative estimate of drug-likeness (QED) is 0.838. The molecular weight excluding hydrogens is 287 g/mol. The standard InChI is InChI=1S/C13H14F3N3S/c1-2-4-17-11-6-9(13(14,15)16)7-12(19-11)18-10-3-5-20-8-10/h3,5-8H,2,4H2,1H3,(H2,17,18,19). The lowest BCUT2D eigenvalue weighted by atomic mass is 10.2.